The Morgan fingerprint density at radius 1 is 1.04 bits per heavy atom. The fourth-order valence-corrected chi connectivity index (χ4v) is 3.15. The second-order valence-electron chi connectivity index (χ2n) is 5.93. The van der Waals surface area contributed by atoms with Gasteiger partial charge in [0.1, 0.15) is 18.2 Å². The van der Waals surface area contributed by atoms with E-state index in [0.717, 1.165) is 11.1 Å². The highest BCUT2D eigenvalue weighted by Crippen LogP contribution is 2.29. The summed E-state index contributed by atoms with van der Waals surface area (Å²) >= 11 is 3.47. The van der Waals surface area contributed by atoms with Crippen LogP contribution in [0.3, 0.4) is 0 Å². The lowest BCUT2D eigenvalue weighted by Crippen LogP contribution is -1.98. The highest BCUT2D eigenvalue weighted by molar-refractivity contribution is 9.10. The maximum absolute atomic E-state index is 13.4. The van der Waals surface area contributed by atoms with Crippen LogP contribution in [0, 0.1) is 28.5 Å². The van der Waals surface area contributed by atoms with Crippen molar-refractivity contribution < 1.29 is 9.13 Å². The van der Waals surface area contributed by atoms with Gasteiger partial charge in [0.05, 0.1) is 27.7 Å². The zero-order valence-corrected chi connectivity index (χ0v) is 16.3. The third-order valence-corrected chi connectivity index (χ3v) is 4.66. The number of ether oxygens (including phenoxy) is 1. The van der Waals surface area contributed by atoms with E-state index in [4.69, 9.17) is 10.00 Å². The number of halogens is 2. The first-order chi connectivity index (χ1) is 13.6. The highest BCUT2D eigenvalue weighted by atomic mass is 79.9. The fraction of sp³-hybridized carbons (Fsp3) is 0.0435. The van der Waals surface area contributed by atoms with Crippen molar-refractivity contribution in [2.45, 2.75) is 6.61 Å². The predicted molar refractivity (Wildman–Crippen MR) is 110 cm³/mol. The average molecular weight is 433 g/mol. The molecule has 3 nitrogen and oxygen atoms in total. The highest BCUT2D eigenvalue weighted by Gasteiger charge is 2.07. The van der Waals surface area contributed by atoms with Gasteiger partial charge >= 0.3 is 0 Å². The summed E-state index contributed by atoms with van der Waals surface area (Å²) in [5.74, 6) is 0.232. The Bertz CT molecular complexity index is 1130. The van der Waals surface area contributed by atoms with Gasteiger partial charge in [-0.15, -0.1) is 0 Å². The van der Waals surface area contributed by atoms with Gasteiger partial charge in [0.25, 0.3) is 0 Å². The minimum atomic E-state index is -0.388. The molecule has 0 saturated carbocycles. The second-order valence-corrected chi connectivity index (χ2v) is 6.78. The molecule has 3 aromatic rings. The molecule has 0 heterocycles. The Kier molecular flexibility index (Phi) is 6.22. The summed E-state index contributed by atoms with van der Waals surface area (Å²) in [5, 5.41) is 18.6. The van der Waals surface area contributed by atoms with Gasteiger partial charge in [-0.25, -0.2) is 4.39 Å². The van der Waals surface area contributed by atoms with Gasteiger partial charge in [0, 0.05) is 5.56 Å². The quantitative estimate of drug-likeness (QED) is 0.361. The Morgan fingerprint density at radius 3 is 2.57 bits per heavy atom. The van der Waals surface area contributed by atoms with Crippen LogP contribution in [0.1, 0.15) is 22.3 Å². The minimum absolute atomic E-state index is 0.268. The van der Waals surface area contributed by atoms with Crippen LogP contribution in [-0.2, 0) is 6.61 Å². The first-order valence-corrected chi connectivity index (χ1v) is 9.18. The van der Waals surface area contributed by atoms with Gasteiger partial charge in [-0.3, -0.25) is 0 Å². The molecule has 0 aliphatic rings. The zero-order chi connectivity index (χ0) is 19.9. The SMILES string of the molecule is N#C/C(=C/c1ccc(OCc2ccccc2C#N)c(Br)c1)c1cccc(F)c1. The van der Waals surface area contributed by atoms with Crippen LogP contribution in [0.15, 0.2) is 71.2 Å². The van der Waals surface area contributed by atoms with Crippen LogP contribution < -0.4 is 4.74 Å². The molecule has 0 aromatic heterocycles. The largest absolute Gasteiger partial charge is 0.488 e. The molecule has 0 aliphatic carbocycles. The van der Waals surface area contributed by atoms with Crippen LogP contribution in [0.25, 0.3) is 11.6 Å². The van der Waals surface area contributed by atoms with Crippen LogP contribution in [0.4, 0.5) is 4.39 Å². The van der Waals surface area contributed by atoms with E-state index >= 15 is 0 Å². The fourth-order valence-electron chi connectivity index (χ4n) is 2.64. The maximum Gasteiger partial charge on any atom is 0.134 e. The van der Waals surface area contributed by atoms with Crippen molar-refractivity contribution in [1.29, 1.82) is 10.5 Å². The maximum atomic E-state index is 13.4. The van der Waals surface area contributed by atoms with Gasteiger partial charge in [0.15, 0.2) is 0 Å². The van der Waals surface area contributed by atoms with Crippen molar-refractivity contribution in [2.24, 2.45) is 0 Å². The molecule has 0 radical (unpaired) electrons. The van der Waals surface area contributed by atoms with Crippen molar-refractivity contribution in [3.05, 3.63) is 99.3 Å². The summed E-state index contributed by atoms with van der Waals surface area (Å²) in [6.45, 7) is 0.268. The van der Waals surface area contributed by atoms with Crippen molar-refractivity contribution in [3.63, 3.8) is 0 Å². The predicted octanol–water partition coefficient (Wildman–Crippen LogP) is 6.10. The molecule has 0 N–H and O–H groups in total. The van der Waals surface area contributed by atoms with Gasteiger partial charge in [-0.1, -0.05) is 36.4 Å². The van der Waals surface area contributed by atoms with E-state index in [2.05, 4.69) is 28.1 Å². The lowest BCUT2D eigenvalue weighted by molar-refractivity contribution is 0.304. The standard InChI is InChI=1S/C23H14BrFN2O/c24-22-11-16(10-20(14-27)17-6-3-7-21(25)12-17)8-9-23(22)28-15-19-5-2-1-4-18(19)13-26/h1-12H,15H2/b20-10-. The molecule has 28 heavy (non-hydrogen) atoms. The van der Waals surface area contributed by atoms with E-state index in [1.165, 1.54) is 12.1 Å². The lowest BCUT2D eigenvalue weighted by Gasteiger charge is -2.10. The number of hydrogen-bond donors (Lipinski definition) is 0. The van der Waals surface area contributed by atoms with Crippen LogP contribution >= 0.6 is 15.9 Å². The normalized spacial score (nSPS) is 10.8. The van der Waals surface area contributed by atoms with Gasteiger partial charge in [-0.05, 0) is 63.5 Å². The van der Waals surface area contributed by atoms with E-state index in [0.29, 0.717) is 26.9 Å². The average Bonchev–Trinajstić information content (AvgIpc) is 2.71. The number of hydrogen-bond acceptors (Lipinski definition) is 3. The topological polar surface area (TPSA) is 56.8 Å². The molecule has 0 spiro atoms. The zero-order valence-electron chi connectivity index (χ0n) is 14.7. The molecule has 5 heteroatoms. The number of benzene rings is 3. The first kappa shape index (κ1) is 19.4. The van der Waals surface area contributed by atoms with Crippen LogP contribution in [-0.4, -0.2) is 0 Å². The molecule has 136 valence electrons. The molecule has 0 fully saturated rings. The van der Waals surface area contributed by atoms with Gasteiger partial charge < -0.3 is 4.74 Å². The summed E-state index contributed by atoms with van der Waals surface area (Å²) in [6, 6.07) is 22.9. The van der Waals surface area contributed by atoms with Crippen molar-refractivity contribution in [1.82, 2.24) is 0 Å². The Hall–Kier alpha value is -3.41. The number of rotatable bonds is 5. The van der Waals surface area contributed by atoms with Gasteiger partial charge in [-0.2, -0.15) is 10.5 Å². The van der Waals surface area contributed by atoms with E-state index in [1.807, 2.05) is 30.3 Å². The third kappa shape index (κ3) is 4.65. The molecular formula is C23H14BrFN2O. The molecule has 0 bridgehead atoms. The summed E-state index contributed by atoms with van der Waals surface area (Å²) in [4.78, 5) is 0. The van der Waals surface area contributed by atoms with Crippen LogP contribution in [0.5, 0.6) is 5.75 Å². The molecule has 0 amide bonds. The second kappa shape index (κ2) is 8.99. The molecule has 0 aliphatic heterocycles. The third-order valence-electron chi connectivity index (χ3n) is 4.04. The van der Waals surface area contributed by atoms with Crippen LogP contribution in [0.2, 0.25) is 0 Å². The lowest BCUT2D eigenvalue weighted by atomic mass is 10.0. The Morgan fingerprint density at radius 2 is 1.86 bits per heavy atom. The summed E-state index contributed by atoms with van der Waals surface area (Å²) in [6.07, 6.45) is 1.69. The Labute approximate surface area is 171 Å². The van der Waals surface area contributed by atoms with Crippen molar-refractivity contribution in [3.8, 4) is 17.9 Å². The minimum Gasteiger partial charge on any atom is -0.488 e. The van der Waals surface area contributed by atoms with E-state index in [9.17, 15) is 9.65 Å². The number of nitrogens with zero attached hydrogens (tertiary/aromatic N) is 2. The summed E-state index contributed by atoms with van der Waals surface area (Å²) < 4.78 is 20.0. The number of nitriles is 2. The van der Waals surface area contributed by atoms with E-state index in [-0.39, 0.29) is 12.4 Å². The molecule has 3 aromatic carbocycles. The molecule has 3 rings (SSSR count). The molecule has 0 saturated heterocycles. The Balaban J connectivity index is 1.80. The molecule has 0 unspecified atom stereocenters. The number of allylic oxidation sites excluding steroid dienone is 1. The van der Waals surface area contributed by atoms with Gasteiger partial charge in [0.2, 0.25) is 0 Å². The summed E-state index contributed by atoms with van der Waals surface area (Å²) in [7, 11) is 0. The summed E-state index contributed by atoms with van der Waals surface area (Å²) in [5.41, 5.74) is 3.04. The van der Waals surface area contributed by atoms with E-state index in [1.54, 1.807) is 30.3 Å². The monoisotopic (exact) mass is 432 g/mol. The van der Waals surface area contributed by atoms with Crippen molar-refractivity contribution in [2.75, 3.05) is 0 Å². The molecule has 0 atom stereocenters. The smallest absolute Gasteiger partial charge is 0.134 e. The first-order valence-electron chi connectivity index (χ1n) is 8.39. The van der Waals surface area contributed by atoms with Crippen molar-refractivity contribution >= 4 is 27.6 Å². The van der Waals surface area contributed by atoms with E-state index < -0.39 is 0 Å². The molecular weight excluding hydrogens is 419 g/mol.